The largest absolute Gasteiger partial charge is 0.396 e. The molecule has 3 heterocycles. The Kier molecular flexibility index (Phi) is 5.97. The van der Waals surface area contributed by atoms with E-state index in [9.17, 15) is 5.11 Å². The summed E-state index contributed by atoms with van der Waals surface area (Å²) in [6.07, 6.45) is 7.72. The van der Waals surface area contributed by atoms with Gasteiger partial charge in [-0.05, 0) is 42.7 Å². The number of hydrogen-bond acceptors (Lipinski definition) is 4. The highest BCUT2D eigenvalue weighted by atomic mass is 16.3. The highest BCUT2D eigenvalue weighted by Gasteiger charge is 2.21. The second kappa shape index (κ2) is 9.00. The fraction of sp³-hybridized carbons (Fsp3) is 0.200. The van der Waals surface area contributed by atoms with Crippen LogP contribution in [0.5, 0.6) is 0 Å². The molecule has 32 heavy (non-hydrogen) atoms. The molecule has 7 heteroatoms. The highest BCUT2D eigenvalue weighted by Crippen LogP contribution is 2.39. The summed E-state index contributed by atoms with van der Waals surface area (Å²) < 4.78 is 3.95. The Morgan fingerprint density at radius 3 is 2.56 bits per heavy atom. The van der Waals surface area contributed by atoms with Crippen molar-refractivity contribution in [2.24, 2.45) is 7.05 Å². The smallest absolute Gasteiger partial charge is 0.196 e. The second-order valence-corrected chi connectivity index (χ2v) is 7.71. The van der Waals surface area contributed by atoms with Crippen LogP contribution in [0.1, 0.15) is 23.2 Å². The Hall–Kier alpha value is -4.02. The Bertz CT molecular complexity index is 1330. The maximum atomic E-state index is 9.49. The zero-order valence-corrected chi connectivity index (χ0v) is 18.2. The van der Waals surface area contributed by atoms with Crippen LogP contribution in [0.2, 0.25) is 0 Å². The van der Waals surface area contributed by atoms with Crippen molar-refractivity contribution < 1.29 is 9.67 Å². The first-order chi connectivity index (χ1) is 15.5. The molecule has 0 aliphatic carbocycles. The predicted molar refractivity (Wildman–Crippen MR) is 126 cm³/mol. The molecule has 0 saturated heterocycles. The van der Waals surface area contributed by atoms with Crippen molar-refractivity contribution in [3.8, 4) is 11.1 Å². The minimum absolute atomic E-state index is 0.0497. The third-order valence-electron chi connectivity index (χ3n) is 5.46. The van der Waals surface area contributed by atoms with Crippen molar-refractivity contribution in [2.75, 3.05) is 12.3 Å². The number of aliphatic hydroxyl groups excluding tert-OH is 1. The summed E-state index contributed by atoms with van der Waals surface area (Å²) in [4.78, 5) is 12.6. The van der Waals surface area contributed by atoms with Gasteiger partial charge in [-0.25, -0.2) is 19.4 Å². The van der Waals surface area contributed by atoms with Crippen LogP contribution in [0, 0.1) is 13.5 Å². The lowest BCUT2D eigenvalue weighted by atomic mass is 10.0. The quantitative estimate of drug-likeness (QED) is 0.365. The summed E-state index contributed by atoms with van der Waals surface area (Å²) in [7, 11) is 1.94. The third kappa shape index (κ3) is 3.96. The highest BCUT2D eigenvalue weighted by molar-refractivity contribution is 6.06. The molecule has 0 atom stereocenters. The number of aromatic nitrogens is 4. The number of aryl methyl sites for hydroxylation is 3. The van der Waals surface area contributed by atoms with Gasteiger partial charge in [-0.3, -0.25) is 0 Å². The molecule has 3 aromatic heterocycles. The van der Waals surface area contributed by atoms with E-state index in [2.05, 4.69) is 14.8 Å². The number of anilines is 1. The van der Waals surface area contributed by atoms with Crippen LogP contribution in [0.3, 0.4) is 0 Å². The van der Waals surface area contributed by atoms with Gasteiger partial charge < -0.3 is 15.4 Å². The van der Waals surface area contributed by atoms with Gasteiger partial charge in [-0.2, -0.15) is 0 Å². The van der Waals surface area contributed by atoms with Gasteiger partial charge in [0.05, 0.1) is 12.0 Å². The average molecular weight is 426 g/mol. The molecule has 0 aliphatic heterocycles. The fourth-order valence-electron chi connectivity index (χ4n) is 3.81. The SMILES string of the molecule is [C-]#[N+]/C(=C\c1c(-c2ccc(C)cc2)c2c(N)ncnc2n1CCCO)c1cc[n+](C)cc1. The monoisotopic (exact) mass is 425 g/mol. The van der Waals surface area contributed by atoms with E-state index in [4.69, 9.17) is 12.3 Å². The number of benzene rings is 1. The second-order valence-electron chi connectivity index (χ2n) is 7.71. The number of nitrogens with two attached hydrogens (primary N) is 1. The maximum Gasteiger partial charge on any atom is 0.196 e. The number of fused-ring (bicyclic) bond motifs is 1. The van der Waals surface area contributed by atoms with Gasteiger partial charge in [0.25, 0.3) is 0 Å². The summed E-state index contributed by atoms with van der Waals surface area (Å²) in [5, 5.41) is 10.2. The molecule has 4 aromatic rings. The average Bonchev–Trinajstić information content (AvgIpc) is 3.11. The summed E-state index contributed by atoms with van der Waals surface area (Å²) in [5.74, 6) is 0.388. The maximum absolute atomic E-state index is 9.49. The van der Waals surface area contributed by atoms with E-state index in [1.807, 2.05) is 78.0 Å². The van der Waals surface area contributed by atoms with Crippen molar-refractivity contribution in [3.63, 3.8) is 0 Å². The van der Waals surface area contributed by atoms with Crippen LogP contribution in [0.25, 0.3) is 38.8 Å². The number of nitrogens with zero attached hydrogens (tertiary/aromatic N) is 5. The zero-order valence-electron chi connectivity index (χ0n) is 18.2. The van der Waals surface area contributed by atoms with Crippen LogP contribution >= 0.6 is 0 Å². The Balaban J connectivity index is 2.06. The Morgan fingerprint density at radius 1 is 1.19 bits per heavy atom. The summed E-state index contributed by atoms with van der Waals surface area (Å²) >= 11 is 0. The lowest BCUT2D eigenvalue weighted by Crippen LogP contribution is -2.25. The normalized spacial score (nSPS) is 11.6. The molecule has 0 unspecified atom stereocenters. The molecule has 0 amide bonds. The molecule has 0 saturated carbocycles. The zero-order chi connectivity index (χ0) is 22.7. The molecular weight excluding hydrogens is 400 g/mol. The van der Waals surface area contributed by atoms with E-state index in [0.717, 1.165) is 33.3 Å². The van der Waals surface area contributed by atoms with Crippen molar-refractivity contribution in [1.82, 2.24) is 14.5 Å². The third-order valence-corrected chi connectivity index (χ3v) is 5.46. The first-order valence-corrected chi connectivity index (χ1v) is 10.4. The molecule has 0 bridgehead atoms. The molecule has 4 rings (SSSR count). The van der Waals surface area contributed by atoms with Crippen LogP contribution in [-0.4, -0.2) is 26.2 Å². The topological polar surface area (TPSA) is 85.2 Å². The molecule has 0 aliphatic rings. The van der Waals surface area contributed by atoms with Gasteiger partial charge in [0.2, 0.25) is 0 Å². The Morgan fingerprint density at radius 2 is 1.91 bits per heavy atom. The summed E-state index contributed by atoms with van der Waals surface area (Å²) in [6.45, 7) is 10.5. The Labute approximate surface area is 186 Å². The lowest BCUT2D eigenvalue weighted by Gasteiger charge is -2.10. The number of aliphatic hydroxyl groups is 1. The van der Waals surface area contributed by atoms with E-state index in [0.29, 0.717) is 30.1 Å². The van der Waals surface area contributed by atoms with Crippen molar-refractivity contribution in [2.45, 2.75) is 19.9 Å². The van der Waals surface area contributed by atoms with Gasteiger partial charge >= 0.3 is 0 Å². The van der Waals surface area contributed by atoms with Gasteiger partial charge in [0, 0.05) is 24.4 Å². The first-order valence-electron chi connectivity index (χ1n) is 10.4. The molecule has 3 N–H and O–H groups in total. The standard InChI is InChI=1S/C25H24N6O/c1-17-5-7-19(8-6-17)22-21(15-20(27-2)18-9-12-30(3)13-10-18)31(11-4-14-32)25-23(22)24(26)28-16-29-25/h5-10,12-13,15-16,26,32H,4,11,14H2,1,3H3/p+1. The van der Waals surface area contributed by atoms with Gasteiger partial charge in [0.1, 0.15) is 24.8 Å². The molecule has 0 spiro atoms. The molecule has 1 aromatic carbocycles. The van der Waals surface area contributed by atoms with Crippen LogP contribution in [-0.2, 0) is 13.6 Å². The number of nitrogen functional groups attached to an aromatic ring is 1. The summed E-state index contributed by atoms with van der Waals surface area (Å²) in [5.41, 5.74) is 12.2. The fourth-order valence-corrected chi connectivity index (χ4v) is 3.81. The van der Waals surface area contributed by atoms with Crippen LogP contribution in [0.15, 0.2) is 55.1 Å². The van der Waals surface area contributed by atoms with Gasteiger partial charge in [0.15, 0.2) is 18.1 Å². The minimum atomic E-state index is 0.0497. The molecular formula is C25H25N6O+. The van der Waals surface area contributed by atoms with Crippen molar-refractivity contribution in [1.29, 1.82) is 0 Å². The van der Waals surface area contributed by atoms with E-state index in [-0.39, 0.29) is 6.61 Å². The number of hydrogen-bond donors (Lipinski definition) is 2. The van der Waals surface area contributed by atoms with Crippen molar-refractivity contribution >= 4 is 28.6 Å². The lowest BCUT2D eigenvalue weighted by molar-refractivity contribution is -0.671. The van der Waals surface area contributed by atoms with E-state index >= 15 is 0 Å². The van der Waals surface area contributed by atoms with E-state index < -0.39 is 0 Å². The van der Waals surface area contributed by atoms with Crippen LogP contribution in [0.4, 0.5) is 5.82 Å². The van der Waals surface area contributed by atoms with Crippen molar-refractivity contribution in [3.05, 3.63) is 83.4 Å². The molecule has 7 nitrogen and oxygen atoms in total. The van der Waals surface area contributed by atoms with E-state index in [1.165, 1.54) is 6.33 Å². The van der Waals surface area contributed by atoms with E-state index in [1.54, 1.807) is 0 Å². The van der Waals surface area contributed by atoms with Gasteiger partial charge in [-0.15, -0.1) is 0 Å². The minimum Gasteiger partial charge on any atom is -0.396 e. The number of rotatable bonds is 6. The van der Waals surface area contributed by atoms with Crippen LogP contribution < -0.4 is 10.3 Å². The predicted octanol–water partition coefficient (Wildman–Crippen LogP) is 3.61. The van der Waals surface area contributed by atoms with Gasteiger partial charge in [-0.1, -0.05) is 29.8 Å². The summed E-state index contributed by atoms with van der Waals surface area (Å²) in [6, 6.07) is 12.0. The number of pyridine rings is 1. The molecule has 160 valence electrons. The molecule has 0 fully saturated rings. The molecule has 0 radical (unpaired) electrons. The first kappa shape index (κ1) is 21.2.